The van der Waals surface area contributed by atoms with Gasteiger partial charge in [-0.05, 0) is 45.7 Å². The number of ether oxygens (including phenoxy) is 1. The standard InChI is InChI=1S/C20H28N2O4/c1-13-8-7-9-16(12-13)19(24)21-14(2)20(25)26-15(3)18(23)22-17-10-5-4-6-11-17/h7-9,12,14-15,17H,4-6,10-11H2,1-3H3,(H,21,24)(H,22,23)/t14-,15+/m1/s1. The summed E-state index contributed by atoms with van der Waals surface area (Å²) in [7, 11) is 0. The third kappa shape index (κ3) is 5.86. The van der Waals surface area contributed by atoms with E-state index in [0.717, 1.165) is 31.2 Å². The predicted octanol–water partition coefficient (Wildman–Crippen LogP) is 2.49. The number of carbonyl (C=O) groups is 3. The van der Waals surface area contributed by atoms with Gasteiger partial charge in [0.15, 0.2) is 6.10 Å². The molecule has 0 radical (unpaired) electrons. The lowest BCUT2D eigenvalue weighted by molar-refractivity contribution is -0.156. The highest BCUT2D eigenvalue weighted by Crippen LogP contribution is 2.17. The van der Waals surface area contributed by atoms with Crippen molar-refractivity contribution < 1.29 is 19.1 Å². The number of amides is 2. The first-order valence-electron chi connectivity index (χ1n) is 9.25. The summed E-state index contributed by atoms with van der Waals surface area (Å²) in [5, 5.41) is 5.54. The van der Waals surface area contributed by atoms with E-state index in [1.54, 1.807) is 32.0 Å². The Morgan fingerprint density at radius 3 is 2.46 bits per heavy atom. The summed E-state index contributed by atoms with van der Waals surface area (Å²) in [6.07, 6.45) is 4.48. The lowest BCUT2D eigenvalue weighted by atomic mass is 9.95. The Kier molecular flexibility index (Phi) is 7.18. The van der Waals surface area contributed by atoms with Gasteiger partial charge in [0.25, 0.3) is 11.8 Å². The molecule has 1 aliphatic carbocycles. The highest BCUT2D eigenvalue weighted by atomic mass is 16.5. The Morgan fingerprint density at radius 2 is 1.81 bits per heavy atom. The SMILES string of the molecule is Cc1cccc(C(=O)N[C@H](C)C(=O)O[C@@H](C)C(=O)NC2CCCCC2)c1. The molecule has 2 rings (SSSR count). The number of benzene rings is 1. The van der Waals surface area contributed by atoms with Gasteiger partial charge in [-0.25, -0.2) is 4.79 Å². The maximum atomic E-state index is 12.2. The second-order valence-corrected chi connectivity index (χ2v) is 6.99. The fourth-order valence-corrected chi connectivity index (χ4v) is 3.02. The molecule has 0 unspecified atom stereocenters. The molecule has 1 aromatic carbocycles. The van der Waals surface area contributed by atoms with Crippen LogP contribution in [0.4, 0.5) is 0 Å². The minimum absolute atomic E-state index is 0.163. The first-order valence-corrected chi connectivity index (χ1v) is 9.25. The van der Waals surface area contributed by atoms with Gasteiger partial charge in [-0.2, -0.15) is 0 Å². The van der Waals surface area contributed by atoms with E-state index in [-0.39, 0.29) is 17.9 Å². The average Bonchev–Trinajstić information content (AvgIpc) is 2.62. The van der Waals surface area contributed by atoms with E-state index >= 15 is 0 Å². The zero-order valence-corrected chi connectivity index (χ0v) is 15.7. The molecule has 0 bridgehead atoms. The molecular weight excluding hydrogens is 332 g/mol. The van der Waals surface area contributed by atoms with Crippen LogP contribution >= 0.6 is 0 Å². The lowest BCUT2D eigenvalue weighted by Gasteiger charge is -2.24. The number of esters is 1. The van der Waals surface area contributed by atoms with Gasteiger partial charge in [-0.1, -0.05) is 37.0 Å². The summed E-state index contributed by atoms with van der Waals surface area (Å²) < 4.78 is 5.21. The van der Waals surface area contributed by atoms with Crippen LogP contribution in [0, 0.1) is 6.92 Å². The average molecular weight is 360 g/mol. The fourth-order valence-electron chi connectivity index (χ4n) is 3.02. The van der Waals surface area contributed by atoms with E-state index in [9.17, 15) is 14.4 Å². The largest absolute Gasteiger partial charge is 0.451 e. The van der Waals surface area contributed by atoms with Gasteiger partial charge in [0, 0.05) is 11.6 Å². The first-order chi connectivity index (χ1) is 12.4. The summed E-state index contributed by atoms with van der Waals surface area (Å²) in [5.74, 6) is -1.27. The number of aryl methyl sites for hydroxylation is 1. The maximum absolute atomic E-state index is 12.2. The van der Waals surface area contributed by atoms with Crippen LogP contribution in [-0.2, 0) is 14.3 Å². The molecule has 1 aromatic rings. The molecule has 2 N–H and O–H groups in total. The van der Waals surface area contributed by atoms with Crippen molar-refractivity contribution in [1.29, 1.82) is 0 Å². The molecule has 2 amide bonds. The molecule has 1 aliphatic rings. The Bertz CT molecular complexity index is 653. The molecule has 2 atom stereocenters. The number of carbonyl (C=O) groups excluding carboxylic acids is 3. The molecule has 0 saturated heterocycles. The molecular formula is C20H28N2O4. The third-order valence-electron chi connectivity index (χ3n) is 4.60. The van der Waals surface area contributed by atoms with Crippen LogP contribution in [0.3, 0.4) is 0 Å². The molecule has 26 heavy (non-hydrogen) atoms. The highest BCUT2D eigenvalue weighted by Gasteiger charge is 2.25. The number of rotatable bonds is 6. The van der Waals surface area contributed by atoms with Crippen LogP contribution in [0.1, 0.15) is 61.9 Å². The van der Waals surface area contributed by atoms with Crippen molar-refractivity contribution in [3.8, 4) is 0 Å². The predicted molar refractivity (Wildman–Crippen MR) is 98.7 cm³/mol. The van der Waals surface area contributed by atoms with Gasteiger partial charge < -0.3 is 15.4 Å². The van der Waals surface area contributed by atoms with Crippen molar-refractivity contribution in [3.05, 3.63) is 35.4 Å². The molecule has 6 heteroatoms. The van der Waals surface area contributed by atoms with Crippen LogP contribution in [0.15, 0.2) is 24.3 Å². The van der Waals surface area contributed by atoms with Gasteiger partial charge in [-0.3, -0.25) is 9.59 Å². The van der Waals surface area contributed by atoms with Crippen molar-refractivity contribution in [2.24, 2.45) is 0 Å². The molecule has 0 spiro atoms. The van der Waals surface area contributed by atoms with Gasteiger partial charge >= 0.3 is 5.97 Å². The third-order valence-corrected chi connectivity index (χ3v) is 4.60. The van der Waals surface area contributed by atoms with Crippen molar-refractivity contribution in [3.63, 3.8) is 0 Å². The van der Waals surface area contributed by atoms with E-state index in [2.05, 4.69) is 10.6 Å². The summed E-state index contributed by atoms with van der Waals surface area (Å²) in [6.45, 7) is 4.98. The Balaban J connectivity index is 1.81. The summed E-state index contributed by atoms with van der Waals surface area (Å²) in [6, 6.07) is 6.42. The zero-order valence-electron chi connectivity index (χ0n) is 15.7. The Morgan fingerprint density at radius 1 is 1.12 bits per heavy atom. The summed E-state index contributed by atoms with van der Waals surface area (Å²) >= 11 is 0. The van der Waals surface area contributed by atoms with Crippen molar-refractivity contribution in [1.82, 2.24) is 10.6 Å². The van der Waals surface area contributed by atoms with E-state index < -0.39 is 18.1 Å². The minimum atomic E-state index is -0.886. The van der Waals surface area contributed by atoms with Crippen molar-refractivity contribution >= 4 is 17.8 Å². The molecule has 6 nitrogen and oxygen atoms in total. The highest BCUT2D eigenvalue weighted by molar-refractivity contribution is 5.97. The van der Waals surface area contributed by atoms with E-state index in [0.29, 0.717) is 5.56 Å². The van der Waals surface area contributed by atoms with Crippen LogP contribution < -0.4 is 10.6 Å². The van der Waals surface area contributed by atoms with E-state index in [1.165, 1.54) is 6.42 Å². The molecule has 1 saturated carbocycles. The van der Waals surface area contributed by atoms with E-state index in [1.807, 2.05) is 13.0 Å². The number of hydrogen-bond donors (Lipinski definition) is 2. The van der Waals surface area contributed by atoms with E-state index in [4.69, 9.17) is 4.74 Å². The van der Waals surface area contributed by atoms with Crippen LogP contribution in [0.5, 0.6) is 0 Å². The maximum Gasteiger partial charge on any atom is 0.329 e. The number of nitrogens with one attached hydrogen (secondary N) is 2. The first kappa shape index (κ1) is 19.9. The van der Waals surface area contributed by atoms with Gasteiger partial charge in [0.1, 0.15) is 6.04 Å². The van der Waals surface area contributed by atoms with Gasteiger partial charge in [0.2, 0.25) is 0 Å². The molecule has 1 fully saturated rings. The molecule has 142 valence electrons. The summed E-state index contributed by atoms with van der Waals surface area (Å²) in [4.78, 5) is 36.5. The fraction of sp³-hybridized carbons (Fsp3) is 0.550. The molecule has 0 heterocycles. The quantitative estimate of drug-likeness (QED) is 0.764. The van der Waals surface area contributed by atoms with Crippen molar-refractivity contribution in [2.45, 2.75) is 71.1 Å². The van der Waals surface area contributed by atoms with Crippen LogP contribution in [0.2, 0.25) is 0 Å². The normalized spacial score (nSPS) is 17.0. The number of hydrogen-bond acceptors (Lipinski definition) is 4. The van der Waals surface area contributed by atoms with Crippen LogP contribution in [-0.4, -0.2) is 36.0 Å². The minimum Gasteiger partial charge on any atom is -0.451 e. The smallest absolute Gasteiger partial charge is 0.329 e. The van der Waals surface area contributed by atoms with Gasteiger partial charge in [0.05, 0.1) is 0 Å². The summed E-state index contributed by atoms with van der Waals surface area (Å²) in [5.41, 5.74) is 1.44. The zero-order chi connectivity index (χ0) is 19.1. The molecule has 0 aliphatic heterocycles. The lowest BCUT2D eigenvalue weighted by Crippen LogP contribution is -2.46. The molecule has 0 aromatic heterocycles. The topological polar surface area (TPSA) is 84.5 Å². The Hall–Kier alpha value is -2.37. The second kappa shape index (κ2) is 9.36. The monoisotopic (exact) mass is 360 g/mol. The Labute approximate surface area is 154 Å². The second-order valence-electron chi connectivity index (χ2n) is 6.99. The van der Waals surface area contributed by atoms with Gasteiger partial charge in [-0.15, -0.1) is 0 Å². The van der Waals surface area contributed by atoms with Crippen molar-refractivity contribution in [2.75, 3.05) is 0 Å². The van der Waals surface area contributed by atoms with Crippen LogP contribution in [0.25, 0.3) is 0 Å².